The zero-order valence-electron chi connectivity index (χ0n) is 17.4. The summed E-state index contributed by atoms with van der Waals surface area (Å²) in [6.07, 6.45) is 2.61. The number of benzene rings is 2. The summed E-state index contributed by atoms with van der Waals surface area (Å²) in [7, 11) is -3.99. The number of esters is 1. The van der Waals surface area contributed by atoms with E-state index in [9.17, 15) is 17.6 Å². The van der Waals surface area contributed by atoms with Gasteiger partial charge in [0.1, 0.15) is 10.7 Å². The summed E-state index contributed by atoms with van der Waals surface area (Å²) < 4.78 is 46.5. The number of hydrogen-bond donors (Lipinski definition) is 0. The Balaban J connectivity index is 1.88. The monoisotopic (exact) mass is 476 g/mol. The van der Waals surface area contributed by atoms with Gasteiger partial charge in [-0.05, 0) is 62.2 Å². The van der Waals surface area contributed by atoms with E-state index in [0.717, 1.165) is 0 Å². The highest BCUT2D eigenvalue weighted by molar-refractivity contribution is 7.91. The van der Waals surface area contributed by atoms with Crippen LogP contribution in [-0.2, 0) is 19.4 Å². The molecule has 2 heterocycles. The van der Waals surface area contributed by atoms with Crippen molar-refractivity contribution in [2.75, 3.05) is 24.6 Å². The van der Waals surface area contributed by atoms with Crippen LogP contribution < -0.4 is 4.90 Å². The molecule has 168 valence electrons. The van der Waals surface area contributed by atoms with Crippen LogP contribution in [0.4, 0.5) is 10.1 Å². The molecule has 6 nitrogen and oxygen atoms in total. The summed E-state index contributed by atoms with van der Waals surface area (Å²) in [5.74, 6) is -1.21. The smallest absolute Gasteiger partial charge is 0.310 e. The van der Waals surface area contributed by atoms with Gasteiger partial charge >= 0.3 is 5.97 Å². The van der Waals surface area contributed by atoms with E-state index < -0.39 is 21.6 Å². The fraction of sp³-hybridized carbons (Fsp3) is 0.304. The number of nitrogens with zero attached hydrogens (tertiary/aromatic N) is 2. The second kappa shape index (κ2) is 9.03. The zero-order chi connectivity index (χ0) is 22.9. The number of halogens is 2. The van der Waals surface area contributed by atoms with Crippen LogP contribution in [-0.4, -0.2) is 39.1 Å². The van der Waals surface area contributed by atoms with E-state index in [0.29, 0.717) is 41.0 Å². The number of ether oxygens (including phenoxy) is 1. The topological polar surface area (TPSA) is 76.6 Å². The molecule has 0 saturated carbocycles. The quantitative estimate of drug-likeness (QED) is 0.499. The number of aromatic nitrogens is 1. The highest BCUT2D eigenvalue weighted by Crippen LogP contribution is 2.38. The zero-order valence-corrected chi connectivity index (χ0v) is 19.0. The lowest BCUT2D eigenvalue weighted by atomic mass is 9.97. The Labute approximate surface area is 190 Å². The van der Waals surface area contributed by atoms with Gasteiger partial charge in [0.05, 0.1) is 28.6 Å². The van der Waals surface area contributed by atoms with E-state index in [1.54, 1.807) is 6.92 Å². The number of piperidine rings is 1. The lowest BCUT2D eigenvalue weighted by Crippen LogP contribution is -2.40. The van der Waals surface area contributed by atoms with Gasteiger partial charge in [0.2, 0.25) is 9.84 Å². The van der Waals surface area contributed by atoms with E-state index in [4.69, 9.17) is 16.3 Å². The predicted molar refractivity (Wildman–Crippen MR) is 120 cm³/mol. The maximum absolute atomic E-state index is 14.2. The molecule has 4 rings (SSSR count). The third-order valence-electron chi connectivity index (χ3n) is 5.54. The molecule has 2 aromatic carbocycles. The molecule has 0 spiro atoms. The number of hydrogen-bond acceptors (Lipinski definition) is 6. The molecule has 1 atom stereocenters. The second-order valence-electron chi connectivity index (χ2n) is 7.63. The van der Waals surface area contributed by atoms with Gasteiger partial charge < -0.3 is 9.64 Å². The molecule has 0 N–H and O–H groups in total. The molecular formula is C23H22ClFN2O4S. The minimum absolute atomic E-state index is 0.0394. The van der Waals surface area contributed by atoms with Crippen LogP contribution in [0.5, 0.6) is 0 Å². The molecule has 1 saturated heterocycles. The van der Waals surface area contributed by atoms with Crippen LogP contribution in [0, 0.1) is 11.7 Å². The average Bonchev–Trinajstić information content (AvgIpc) is 2.78. The number of rotatable bonds is 5. The Morgan fingerprint density at radius 2 is 2.00 bits per heavy atom. The highest BCUT2D eigenvalue weighted by atomic mass is 35.5. The van der Waals surface area contributed by atoms with E-state index >= 15 is 0 Å². The third-order valence-corrected chi connectivity index (χ3v) is 7.56. The summed E-state index contributed by atoms with van der Waals surface area (Å²) in [6.45, 7) is 2.82. The number of pyridine rings is 1. The predicted octanol–water partition coefficient (Wildman–Crippen LogP) is 4.64. The summed E-state index contributed by atoms with van der Waals surface area (Å²) >= 11 is 5.93. The molecule has 0 aliphatic carbocycles. The number of anilines is 1. The van der Waals surface area contributed by atoms with E-state index in [2.05, 4.69) is 4.98 Å². The van der Waals surface area contributed by atoms with E-state index in [1.165, 1.54) is 48.7 Å². The minimum atomic E-state index is -3.99. The second-order valence-corrected chi connectivity index (χ2v) is 9.98. The van der Waals surface area contributed by atoms with Crippen molar-refractivity contribution in [3.05, 3.63) is 59.5 Å². The van der Waals surface area contributed by atoms with Crippen molar-refractivity contribution < 1.29 is 22.3 Å². The van der Waals surface area contributed by atoms with Crippen LogP contribution in [0.2, 0.25) is 5.02 Å². The van der Waals surface area contributed by atoms with Crippen LogP contribution in [0.1, 0.15) is 19.8 Å². The third kappa shape index (κ3) is 4.29. The van der Waals surface area contributed by atoms with Gasteiger partial charge in [-0.25, -0.2) is 12.8 Å². The number of sulfone groups is 1. The largest absolute Gasteiger partial charge is 0.466 e. The summed E-state index contributed by atoms with van der Waals surface area (Å²) in [4.78, 5) is 18.5. The van der Waals surface area contributed by atoms with Crippen molar-refractivity contribution in [3.63, 3.8) is 0 Å². The molecule has 3 aromatic rings. The Morgan fingerprint density at radius 3 is 2.72 bits per heavy atom. The van der Waals surface area contributed by atoms with Crippen LogP contribution in [0.25, 0.3) is 10.9 Å². The van der Waals surface area contributed by atoms with Gasteiger partial charge in [-0.15, -0.1) is 0 Å². The standard InChI is InChI=1S/C23H22ClFN2O4S/c1-2-31-23(28)15-4-3-11-27(14-15)22-19-12-17(25)7-10-20(19)26-13-21(22)32(29,30)18-8-5-16(24)6-9-18/h5-10,12-13,15H,2-4,11,14H2,1H3. The van der Waals surface area contributed by atoms with E-state index in [1.807, 2.05) is 4.90 Å². The fourth-order valence-corrected chi connectivity index (χ4v) is 5.59. The number of fused-ring (bicyclic) bond motifs is 1. The van der Waals surface area contributed by atoms with Crippen molar-refractivity contribution in [1.82, 2.24) is 4.98 Å². The van der Waals surface area contributed by atoms with Gasteiger partial charge in [-0.2, -0.15) is 0 Å². The molecule has 0 radical (unpaired) electrons. The first kappa shape index (κ1) is 22.5. The molecule has 0 amide bonds. The van der Waals surface area contributed by atoms with Gasteiger partial charge in [0.25, 0.3) is 0 Å². The first-order valence-electron chi connectivity index (χ1n) is 10.3. The fourth-order valence-electron chi connectivity index (χ4n) is 4.03. The van der Waals surface area contributed by atoms with Gasteiger partial charge in [-0.1, -0.05) is 11.6 Å². The van der Waals surface area contributed by atoms with Gasteiger partial charge in [-0.3, -0.25) is 9.78 Å². The molecule has 9 heteroatoms. The van der Waals surface area contributed by atoms with Crippen molar-refractivity contribution in [3.8, 4) is 0 Å². The molecular weight excluding hydrogens is 455 g/mol. The first-order valence-corrected chi connectivity index (χ1v) is 12.2. The van der Waals surface area contributed by atoms with Crippen LogP contribution in [0.3, 0.4) is 0 Å². The normalized spacial score (nSPS) is 16.8. The first-order chi connectivity index (χ1) is 15.3. The van der Waals surface area contributed by atoms with Crippen LogP contribution in [0.15, 0.2) is 58.5 Å². The van der Waals surface area contributed by atoms with Crippen molar-refractivity contribution in [2.45, 2.75) is 29.6 Å². The highest BCUT2D eigenvalue weighted by Gasteiger charge is 2.32. The number of carbonyl (C=O) groups excluding carboxylic acids is 1. The minimum Gasteiger partial charge on any atom is -0.466 e. The Kier molecular flexibility index (Phi) is 6.35. The van der Waals surface area contributed by atoms with Gasteiger partial charge in [0, 0.05) is 29.7 Å². The summed E-state index contributed by atoms with van der Waals surface area (Å²) in [5, 5.41) is 0.792. The van der Waals surface area contributed by atoms with Crippen molar-refractivity contribution in [2.24, 2.45) is 5.92 Å². The summed E-state index contributed by atoms with van der Waals surface area (Å²) in [6, 6.07) is 9.93. The molecule has 1 unspecified atom stereocenters. The van der Waals surface area contributed by atoms with Crippen molar-refractivity contribution >= 4 is 44.0 Å². The molecule has 1 aliphatic rings. The molecule has 32 heavy (non-hydrogen) atoms. The average molecular weight is 477 g/mol. The van der Waals surface area contributed by atoms with E-state index in [-0.39, 0.29) is 28.9 Å². The Hall–Kier alpha value is -2.71. The molecule has 1 aliphatic heterocycles. The lowest BCUT2D eigenvalue weighted by Gasteiger charge is -2.35. The maximum atomic E-state index is 14.2. The maximum Gasteiger partial charge on any atom is 0.310 e. The number of carbonyl (C=O) groups is 1. The Bertz CT molecular complexity index is 1260. The van der Waals surface area contributed by atoms with Crippen LogP contribution >= 0.6 is 11.6 Å². The molecule has 1 fully saturated rings. The van der Waals surface area contributed by atoms with Gasteiger partial charge in [0.15, 0.2) is 0 Å². The Morgan fingerprint density at radius 1 is 1.25 bits per heavy atom. The molecule has 1 aromatic heterocycles. The SMILES string of the molecule is CCOC(=O)C1CCCN(c2c(S(=O)(=O)c3ccc(Cl)cc3)cnc3ccc(F)cc23)C1. The van der Waals surface area contributed by atoms with Crippen molar-refractivity contribution in [1.29, 1.82) is 0 Å². The lowest BCUT2D eigenvalue weighted by molar-refractivity contribution is -0.148. The molecule has 0 bridgehead atoms. The summed E-state index contributed by atoms with van der Waals surface area (Å²) in [5.41, 5.74) is 0.813.